The summed E-state index contributed by atoms with van der Waals surface area (Å²) < 4.78 is 2.68. The van der Waals surface area contributed by atoms with Gasteiger partial charge >= 0.3 is 0 Å². The zero-order valence-corrected chi connectivity index (χ0v) is 9.46. The highest BCUT2D eigenvalue weighted by Crippen LogP contribution is 2.25. The number of nitrogens with two attached hydrogens (primary N) is 1. The Balaban J connectivity index is 2.62. The molecule has 1 aromatic carbocycles. The molecular weight excluding hydrogens is 265 g/mol. The average molecular weight is 273 g/mol. The van der Waals surface area contributed by atoms with Crippen molar-refractivity contribution in [3.05, 3.63) is 40.1 Å². The van der Waals surface area contributed by atoms with Crippen LogP contribution in [0.1, 0.15) is 0 Å². The Morgan fingerprint density at radius 3 is 2.86 bits per heavy atom. The van der Waals surface area contributed by atoms with Gasteiger partial charge in [-0.25, -0.2) is 4.98 Å². The Morgan fingerprint density at radius 2 is 2.21 bits per heavy atom. The number of hydrogen-bond donors (Lipinski definition) is 1. The molecule has 0 atom stereocenters. The molecule has 0 aliphatic carbocycles. The van der Waals surface area contributed by atoms with Crippen molar-refractivity contribution in [2.24, 2.45) is 0 Å². The molecule has 0 amide bonds. The first kappa shape index (κ1) is 9.55. The van der Waals surface area contributed by atoms with Crippen LogP contribution in [0.3, 0.4) is 0 Å². The van der Waals surface area contributed by atoms with Crippen molar-refractivity contribution in [3.8, 4) is 5.69 Å². The topological polar surface area (TPSA) is 43.8 Å². The maximum absolute atomic E-state index is 5.89. The highest BCUT2D eigenvalue weighted by Gasteiger charge is 2.05. The monoisotopic (exact) mass is 271 g/mol. The van der Waals surface area contributed by atoms with Gasteiger partial charge in [-0.3, -0.25) is 4.57 Å². The number of hydrogen-bond acceptors (Lipinski definition) is 2. The summed E-state index contributed by atoms with van der Waals surface area (Å²) in [4.78, 5) is 3.94. The van der Waals surface area contributed by atoms with Gasteiger partial charge in [-0.15, -0.1) is 0 Å². The van der Waals surface area contributed by atoms with Crippen molar-refractivity contribution >= 4 is 33.5 Å². The lowest BCUT2D eigenvalue weighted by Crippen LogP contribution is -2.00. The second kappa shape index (κ2) is 3.63. The van der Waals surface area contributed by atoms with Gasteiger partial charge in [0.15, 0.2) is 0 Å². The summed E-state index contributed by atoms with van der Waals surface area (Å²) in [6.07, 6.45) is 3.43. The van der Waals surface area contributed by atoms with E-state index in [9.17, 15) is 0 Å². The summed E-state index contributed by atoms with van der Waals surface area (Å²) in [6.45, 7) is 0. The molecule has 0 fully saturated rings. The van der Waals surface area contributed by atoms with Crippen molar-refractivity contribution in [3.63, 3.8) is 0 Å². The van der Waals surface area contributed by atoms with Gasteiger partial charge in [0.2, 0.25) is 5.95 Å². The molecule has 3 nitrogen and oxygen atoms in total. The first-order valence-corrected chi connectivity index (χ1v) is 5.10. The lowest BCUT2D eigenvalue weighted by molar-refractivity contribution is 1.07. The smallest absolute Gasteiger partial charge is 0.204 e. The number of halogens is 2. The van der Waals surface area contributed by atoms with Gasteiger partial charge in [-0.2, -0.15) is 0 Å². The molecule has 0 aliphatic rings. The van der Waals surface area contributed by atoms with E-state index in [1.54, 1.807) is 17.0 Å². The number of nitrogens with zero attached hydrogens (tertiary/aromatic N) is 2. The Kier molecular flexibility index (Phi) is 2.48. The number of aromatic nitrogens is 2. The zero-order chi connectivity index (χ0) is 10.1. The van der Waals surface area contributed by atoms with Crippen LogP contribution in [0.15, 0.2) is 35.1 Å². The summed E-state index contributed by atoms with van der Waals surface area (Å²) in [6, 6.07) is 5.50. The zero-order valence-electron chi connectivity index (χ0n) is 7.11. The van der Waals surface area contributed by atoms with Crippen LogP contribution in [0, 0.1) is 0 Å². The van der Waals surface area contributed by atoms with Gasteiger partial charge in [0, 0.05) is 21.9 Å². The maximum atomic E-state index is 5.89. The van der Waals surface area contributed by atoms with E-state index in [-0.39, 0.29) is 0 Å². The van der Waals surface area contributed by atoms with Gasteiger partial charge in [0.05, 0.1) is 5.69 Å². The third-order valence-electron chi connectivity index (χ3n) is 1.84. The Morgan fingerprint density at radius 1 is 1.43 bits per heavy atom. The van der Waals surface area contributed by atoms with Gasteiger partial charge < -0.3 is 5.73 Å². The van der Waals surface area contributed by atoms with Crippen LogP contribution in [-0.4, -0.2) is 9.55 Å². The molecule has 1 heterocycles. The highest BCUT2D eigenvalue weighted by atomic mass is 79.9. The van der Waals surface area contributed by atoms with E-state index in [2.05, 4.69) is 20.9 Å². The normalized spacial score (nSPS) is 10.4. The Labute approximate surface area is 94.6 Å². The number of imidazole rings is 1. The SMILES string of the molecule is Nc1nccn1-c1cc(Cl)ccc1Br. The van der Waals surface area contributed by atoms with E-state index in [0.717, 1.165) is 10.2 Å². The molecule has 2 aromatic rings. The minimum absolute atomic E-state index is 0.438. The van der Waals surface area contributed by atoms with E-state index in [4.69, 9.17) is 17.3 Å². The molecule has 0 radical (unpaired) electrons. The minimum Gasteiger partial charge on any atom is -0.369 e. The second-order valence-corrected chi connectivity index (χ2v) is 4.04. The fourth-order valence-electron chi connectivity index (χ4n) is 1.19. The molecule has 5 heteroatoms. The molecule has 1 aromatic heterocycles. The van der Waals surface area contributed by atoms with Crippen molar-refractivity contribution in [1.29, 1.82) is 0 Å². The maximum Gasteiger partial charge on any atom is 0.204 e. The molecule has 2 N–H and O–H groups in total. The number of anilines is 1. The van der Waals surface area contributed by atoms with Gasteiger partial charge in [0.1, 0.15) is 0 Å². The predicted octanol–water partition coefficient (Wildman–Crippen LogP) is 2.87. The standard InChI is InChI=1S/C9H7BrClN3/c10-7-2-1-6(11)5-8(7)14-4-3-13-9(14)12/h1-5H,(H2,12,13). The first-order valence-electron chi connectivity index (χ1n) is 3.93. The van der Waals surface area contributed by atoms with Gasteiger partial charge in [-0.05, 0) is 34.1 Å². The van der Waals surface area contributed by atoms with E-state index in [0.29, 0.717) is 11.0 Å². The lowest BCUT2D eigenvalue weighted by atomic mass is 10.3. The summed E-state index contributed by atoms with van der Waals surface area (Å²) in [5.41, 5.74) is 6.56. The molecule has 0 unspecified atom stereocenters. The van der Waals surface area contributed by atoms with Crippen LogP contribution in [-0.2, 0) is 0 Å². The largest absolute Gasteiger partial charge is 0.369 e. The Bertz CT molecular complexity index is 467. The van der Waals surface area contributed by atoms with E-state index in [1.807, 2.05) is 18.2 Å². The fourth-order valence-corrected chi connectivity index (χ4v) is 1.79. The lowest BCUT2D eigenvalue weighted by Gasteiger charge is -2.07. The van der Waals surface area contributed by atoms with Crippen molar-refractivity contribution in [1.82, 2.24) is 9.55 Å². The van der Waals surface area contributed by atoms with Crippen molar-refractivity contribution in [2.75, 3.05) is 5.73 Å². The van der Waals surface area contributed by atoms with Crippen molar-refractivity contribution < 1.29 is 0 Å². The van der Waals surface area contributed by atoms with E-state index >= 15 is 0 Å². The third-order valence-corrected chi connectivity index (χ3v) is 2.74. The molecule has 2 rings (SSSR count). The molecule has 0 aliphatic heterocycles. The summed E-state index contributed by atoms with van der Waals surface area (Å²) in [5.74, 6) is 0.438. The first-order chi connectivity index (χ1) is 6.68. The predicted molar refractivity (Wildman–Crippen MR) is 60.7 cm³/mol. The molecule has 0 bridgehead atoms. The fraction of sp³-hybridized carbons (Fsp3) is 0. The quantitative estimate of drug-likeness (QED) is 0.867. The van der Waals surface area contributed by atoms with Crippen LogP contribution < -0.4 is 5.73 Å². The average Bonchev–Trinajstić information content (AvgIpc) is 2.56. The van der Waals surface area contributed by atoms with Crippen LogP contribution in [0.4, 0.5) is 5.95 Å². The van der Waals surface area contributed by atoms with Crippen molar-refractivity contribution in [2.45, 2.75) is 0 Å². The molecule has 0 spiro atoms. The van der Waals surface area contributed by atoms with Gasteiger partial charge in [-0.1, -0.05) is 11.6 Å². The molecule has 14 heavy (non-hydrogen) atoms. The second-order valence-electron chi connectivity index (χ2n) is 2.75. The molecule has 0 saturated carbocycles. The number of rotatable bonds is 1. The van der Waals surface area contributed by atoms with Crippen LogP contribution >= 0.6 is 27.5 Å². The molecular formula is C9H7BrClN3. The van der Waals surface area contributed by atoms with E-state index < -0.39 is 0 Å². The molecule has 72 valence electrons. The highest BCUT2D eigenvalue weighted by molar-refractivity contribution is 9.10. The van der Waals surface area contributed by atoms with Gasteiger partial charge in [0.25, 0.3) is 0 Å². The van der Waals surface area contributed by atoms with Crippen LogP contribution in [0.2, 0.25) is 5.02 Å². The van der Waals surface area contributed by atoms with E-state index in [1.165, 1.54) is 0 Å². The summed E-state index contributed by atoms with van der Waals surface area (Å²) in [5, 5.41) is 0.663. The Hall–Kier alpha value is -1.000. The minimum atomic E-state index is 0.438. The number of benzene rings is 1. The summed E-state index contributed by atoms with van der Waals surface area (Å²) >= 11 is 9.31. The van der Waals surface area contributed by atoms with Crippen LogP contribution in [0.25, 0.3) is 5.69 Å². The molecule has 0 saturated heterocycles. The van der Waals surface area contributed by atoms with Crippen LogP contribution in [0.5, 0.6) is 0 Å². The summed E-state index contributed by atoms with van der Waals surface area (Å²) in [7, 11) is 0. The third kappa shape index (κ3) is 1.63. The number of nitrogen functional groups attached to an aromatic ring is 1.